The molecule has 2 aromatic rings. The second kappa shape index (κ2) is 6.27. The standard InChI is InChI=1S/C18H18F3N3O2S/c19-18(20,21)15-8-11-22-16(23-15)17(9-3-10-17)24-27(25,26)14-7-6-12-4-1-2-5-13(12)14/h1-2,4-5,8,11,14,24H,3,6-7,9-10H2. The molecular weight excluding hydrogens is 379 g/mol. The van der Waals surface area contributed by atoms with Crippen LogP contribution in [0.25, 0.3) is 0 Å². The third-order valence-electron chi connectivity index (χ3n) is 5.37. The van der Waals surface area contributed by atoms with Crippen molar-refractivity contribution in [2.24, 2.45) is 0 Å². The van der Waals surface area contributed by atoms with Gasteiger partial charge in [0.15, 0.2) is 0 Å². The van der Waals surface area contributed by atoms with Crippen LogP contribution < -0.4 is 4.72 Å². The zero-order valence-corrected chi connectivity index (χ0v) is 15.1. The Morgan fingerprint density at radius 3 is 2.56 bits per heavy atom. The van der Waals surface area contributed by atoms with Gasteiger partial charge in [-0.1, -0.05) is 24.3 Å². The highest BCUT2D eigenvalue weighted by Crippen LogP contribution is 2.44. The first-order valence-corrected chi connectivity index (χ1v) is 10.3. The van der Waals surface area contributed by atoms with Crippen molar-refractivity contribution in [3.8, 4) is 0 Å². The number of aromatic nitrogens is 2. The number of rotatable bonds is 4. The predicted molar refractivity (Wildman–Crippen MR) is 92.1 cm³/mol. The van der Waals surface area contributed by atoms with Gasteiger partial charge in [-0.2, -0.15) is 13.2 Å². The monoisotopic (exact) mass is 397 g/mol. The molecule has 2 aliphatic carbocycles. The molecule has 1 aromatic heterocycles. The van der Waals surface area contributed by atoms with Gasteiger partial charge in [-0.15, -0.1) is 0 Å². The SMILES string of the molecule is O=S(=O)(NC1(c2nccc(C(F)(F)F)n2)CCC1)C1CCc2ccccc21. The predicted octanol–water partition coefficient (Wildman–Crippen LogP) is 3.48. The molecule has 4 rings (SSSR count). The van der Waals surface area contributed by atoms with E-state index in [-0.39, 0.29) is 5.82 Å². The molecule has 0 bridgehead atoms. The van der Waals surface area contributed by atoms with Crippen LogP contribution in [0.15, 0.2) is 36.5 Å². The van der Waals surface area contributed by atoms with Crippen LogP contribution in [0.3, 0.4) is 0 Å². The summed E-state index contributed by atoms with van der Waals surface area (Å²) in [7, 11) is -3.80. The van der Waals surface area contributed by atoms with Gasteiger partial charge in [0.25, 0.3) is 0 Å². The van der Waals surface area contributed by atoms with Gasteiger partial charge in [-0.3, -0.25) is 0 Å². The van der Waals surface area contributed by atoms with E-state index in [4.69, 9.17) is 0 Å². The Balaban J connectivity index is 1.66. The number of aryl methyl sites for hydroxylation is 1. The summed E-state index contributed by atoms with van der Waals surface area (Å²) < 4.78 is 67.8. The molecule has 1 saturated carbocycles. The Morgan fingerprint density at radius 2 is 1.89 bits per heavy atom. The number of hydrogen-bond donors (Lipinski definition) is 1. The Morgan fingerprint density at radius 1 is 1.15 bits per heavy atom. The zero-order valence-electron chi connectivity index (χ0n) is 14.3. The molecular formula is C18H18F3N3O2S. The minimum atomic E-state index is -4.61. The molecule has 0 spiro atoms. The minimum Gasteiger partial charge on any atom is -0.239 e. The van der Waals surface area contributed by atoms with Gasteiger partial charge in [-0.05, 0) is 49.3 Å². The topological polar surface area (TPSA) is 72.0 Å². The third kappa shape index (κ3) is 3.23. The number of halogens is 3. The molecule has 1 atom stereocenters. The van der Waals surface area contributed by atoms with Crippen molar-refractivity contribution in [1.82, 2.24) is 14.7 Å². The van der Waals surface area contributed by atoms with Gasteiger partial charge in [0.2, 0.25) is 10.0 Å². The van der Waals surface area contributed by atoms with Crippen molar-refractivity contribution >= 4 is 10.0 Å². The van der Waals surface area contributed by atoms with E-state index in [1.807, 2.05) is 12.1 Å². The number of nitrogens with one attached hydrogen (secondary N) is 1. The fourth-order valence-corrected chi connectivity index (χ4v) is 5.81. The molecule has 1 N–H and O–H groups in total. The minimum absolute atomic E-state index is 0.113. The molecule has 5 nitrogen and oxygen atoms in total. The van der Waals surface area contributed by atoms with Crippen LogP contribution in [0, 0.1) is 0 Å². The summed E-state index contributed by atoms with van der Waals surface area (Å²) in [4.78, 5) is 7.59. The zero-order chi connectivity index (χ0) is 19.3. The molecule has 0 radical (unpaired) electrons. The van der Waals surface area contributed by atoms with E-state index in [0.717, 1.165) is 23.4 Å². The lowest BCUT2D eigenvalue weighted by Crippen LogP contribution is -2.52. The van der Waals surface area contributed by atoms with E-state index >= 15 is 0 Å². The molecule has 9 heteroatoms. The second-order valence-electron chi connectivity index (χ2n) is 7.07. The number of nitrogens with zero attached hydrogens (tertiary/aromatic N) is 2. The maximum absolute atomic E-state index is 13.1. The van der Waals surface area contributed by atoms with Crippen LogP contribution in [-0.4, -0.2) is 18.4 Å². The van der Waals surface area contributed by atoms with Crippen molar-refractivity contribution < 1.29 is 21.6 Å². The summed E-state index contributed by atoms with van der Waals surface area (Å²) in [5, 5.41) is -0.711. The maximum Gasteiger partial charge on any atom is 0.433 e. The van der Waals surface area contributed by atoms with Gasteiger partial charge in [0.1, 0.15) is 16.8 Å². The molecule has 0 amide bonds. The molecule has 27 heavy (non-hydrogen) atoms. The van der Waals surface area contributed by atoms with E-state index in [1.54, 1.807) is 12.1 Å². The fourth-order valence-electron chi connectivity index (χ4n) is 3.83. The van der Waals surface area contributed by atoms with Crippen molar-refractivity contribution in [3.05, 3.63) is 59.2 Å². The van der Waals surface area contributed by atoms with E-state index in [1.165, 1.54) is 0 Å². The molecule has 1 fully saturated rings. The summed E-state index contributed by atoms with van der Waals surface area (Å²) in [5.41, 5.74) is -0.489. The van der Waals surface area contributed by atoms with E-state index in [2.05, 4.69) is 14.7 Å². The Hall–Kier alpha value is -2.00. The summed E-state index contributed by atoms with van der Waals surface area (Å²) in [6.45, 7) is 0. The number of benzene rings is 1. The van der Waals surface area contributed by atoms with E-state index < -0.39 is 32.7 Å². The van der Waals surface area contributed by atoms with Crippen molar-refractivity contribution in [1.29, 1.82) is 0 Å². The summed E-state index contributed by atoms with van der Waals surface area (Å²) in [6, 6.07) is 8.14. The van der Waals surface area contributed by atoms with Crippen molar-refractivity contribution in [3.63, 3.8) is 0 Å². The van der Waals surface area contributed by atoms with Gasteiger partial charge in [-0.25, -0.2) is 23.1 Å². The van der Waals surface area contributed by atoms with Crippen LogP contribution >= 0.6 is 0 Å². The van der Waals surface area contributed by atoms with Gasteiger partial charge in [0.05, 0.1) is 5.54 Å². The van der Waals surface area contributed by atoms with Gasteiger partial charge < -0.3 is 0 Å². The Labute approximate surface area is 155 Å². The quantitative estimate of drug-likeness (QED) is 0.857. The fraction of sp³-hybridized carbons (Fsp3) is 0.444. The summed E-state index contributed by atoms with van der Waals surface area (Å²) in [5.74, 6) is -0.113. The normalized spacial score (nSPS) is 21.5. The lowest BCUT2D eigenvalue weighted by atomic mass is 9.77. The van der Waals surface area contributed by atoms with E-state index in [0.29, 0.717) is 32.1 Å². The van der Waals surface area contributed by atoms with Crippen LogP contribution in [0.5, 0.6) is 0 Å². The van der Waals surface area contributed by atoms with E-state index in [9.17, 15) is 21.6 Å². The summed E-state index contributed by atoms with van der Waals surface area (Å²) >= 11 is 0. The first-order valence-electron chi connectivity index (χ1n) is 8.73. The highest BCUT2D eigenvalue weighted by atomic mass is 32.2. The molecule has 2 aliphatic rings. The van der Waals surface area contributed by atoms with Crippen LogP contribution in [-0.2, 0) is 28.2 Å². The van der Waals surface area contributed by atoms with Crippen molar-refractivity contribution in [2.75, 3.05) is 0 Å². The number of sulfonamides is 1. The average Bonchev–Trinajstić information content (AvgIpc) is 3.03. The lowest BCUT2D eigenvalue weighted by molar-refractivity contribution is -0.141. The second-order valence-corrected chi connectivity index (χ2v) is 8.94. The molecule has 0 aliphatic heterocycles. The molecule has 1 heterocycles. The first kappa shape index (κ1) is 18.4. The molecule has 144 valence electrons. The smallest absolute Gasteiger partial charge is 0.239 e. The van der Waals surface area contributed by atoms with Gasteiger partial charge >= 0.3 is 6.18 Å². The third-order valence-corrected chi connectivity index (χ3v) is 7.29. The number of alkyl halides is 3. The maximum atomic E-state index is 13.1. The van der Waals surface area contributed by atoms with Crippen LogP contribution in [0.4, 0.5) is 13.2 Å². The average molecular weight is 397 g/mol. The molecule has 0 saturated heterocycles. The first-order chi connectivity index (χ1) is 12.7. The highest BCUT2D eigenvalue weighted by molar-refractivity contribution is 7.89. The molecule has 1 unspecified atom stereocenters. The molecule has 1 aromatic carbocycles. The van der Waals surface area contributed by atoms with Gasteiger partial charge in [0, 0.05) is 6.20 Å². The largest absolute Gasteiger partial charge is 0.433 e. The van der Waals surface area contributed by atoms with Crippen LogP contribution in [0.1, 0.15) is 53.6 Å². The summed E-state index contributed by atoms with van der Waals surface area (Å²) in [6.07, 6.45) is -1.01. The Bertz CT molecular complexity index is 972. The Kier molecular flexibility index (Phi) is 4.27. The van der Waals surface area contributed by atoms with Crippen LogP contribution in [0.2, 0.25) is 0 Å². The number of fused-ring (bicyclic) bond motifs is 1. The van der Waals surface area contributed by atoms with Crippen molar-refractivity contribution in [2.45, 2.75) is 49.1 Å². The number of hydrogen-bond acceptors (Lipinski definition) is 4. The highest BCUT2D eigenvalue weighted by Gasteiger charge is 2.48. The lowest BCUT2D eigenvalue weighted by Gasteiger charge is -2.41.